The van der Waals surface area contributed by atoms with Crippen molar-refractivity contribution in [1.29, 1.82) is 0 Å². The molecule has 3 heteroatoms. The Morgan fingerprint density at radius 2 is 1.72 bits per heavy atom. The summed E-state index contributed by atoms with van der Waals surface area (Å²) in [6.07, 6.45) is 2.89. The van der Waals surface area contributed by atoms with E-state index in [1.807, 2.05) is 18.3 Å². The average molecular weight is 261 g/mol. The second kappa shape index (κ2) is 5.87. The fourth-order valence-corrected chi connectivity index (χ4v) is 1.96. The van der Waals surface area contributed by atoms with Crippen molar-refractivity contribution in [3.8, 4) is 0 Å². The highest BCUT2D eigenvalue weighted by atomic mass is 35.5. The van der Waals surface area contributed by atoms with Crippen molar-refractivity contribution in [2.24, 2.45) is 0 Å². The van der Waals surface area contributed by atoms with Gasteiger partial charge in [-0.3, -0.25) is 0 Å². The maximum Gasteiger partial charge on any atom is 0.129 e. The Labute approximate surface area is 113 Å². The third-order valence-corrected chi connectivity index (χ3v) is 3.22. The largest absolute Gasteiger partial charge is 0.370 e. The van der Waals surface area contributed by atoms with Gasteiger partial charge in [0, 0.05) is 25.5 Å². The number of aryl methyl sites for hydroxylation is 1. The maximum atomic E-state index is 5.77. The lowest BCUT2D eigenvalue weighted by atomic mass is 10.1. The standard InChI is InChI=1S/C15H17ClN2/c1-3-12-4-7-14(8-5-12)18(2)11-13-6-9-15(16)17-10-13/h4-10H,3,11H2,1-2H3. The Bertz CT molecular complexity index is 491. The highest BCUT2D eigenvalue weighted by molar-refractivity contribution is 6.29. The number of pyridine rings is 1. The topological polar surface area (TPSA) is 16.1 Å². The molecule has 1 aromatic carbocycles. The molecule has 0 N–H and O–H groups in total. The van der Waals surface area contributed by atoms with E-state index in [4.69, 9.17) is 11.6 Å². The van der Waals surface area contributed by atoms with Crippen molar-refractivity contribution in [3.63, 3.8) is 0 Å². The minimum absolute atomic E-state index is 0.536. The van der Waals surface area contributed by atoms with Crippen molar-refractivity contribution in [2.75, 3.05) is 11.9 Å². The van der Waals surface area contributed by atoms with E-state index in [0.29, 0.717) is 5.15 Å². The zero-order chi connectivity index (χ0) is 13.0. The van der Waals surface area contributed by atoms with Crippen LogP contribution in [-0.4, -0.2) is 12.0 Å². The lowest BCUT2D eigenvalue weighted by Gasteiger charge is -2.19. The molecule has 2 rings (SSSR count). The first-order valence-corrected chi connectivity index (χ1v) is 6.47. The predicted octanol–water partition coefficient (Wildman–Crippen LogP) is 3.93. The molecule has 2 nitrogen and oxygen atoms in total. The monoisotopic (exact) mass is 260 g/mol. The molecule has 0 saturated heterocycles. The van der Waals surface area contributed by atoms with Gasteiger partial charge < -0.3 is 4.90 Å². The highest BCUT2D eigenvalue weighted by Gasteiger charge is 2.02. The number of hydrogen-bond donors (Lipinski definition) is 0. The molecule has 0 atom stereocenters. The lowest BCUT2D eigenvalue weighted by molar-refractivity contribution is 0.914. The quantitative estimate of drug-likeness (QED) is 0.775. The van der Waals surface area contributed by atoms with Crippen LogP contribution in [0.2, 0.25) is 5.15 Å². The lowest BCUT2D eigenvalue weighted by Crippen LogP contribution is -2.16. The first kappa shape index (κ1) is 12.9. The van der Waals surface area contributed by atoms with Crippen LogP contribution in [-0.2, 0) is 13.0 Å². The summed E-state index contributed by atoms with van der Waals surface area (Å²) in [6, 6.07) is 12.5. The molecule has 2 aromatic rings. The Kier molecular flexibility index (Phi) is 4.21. The molecule has 18 heavy (non-hydrogen) atoms. The van der Waals surface area contributed by atoms with E-state index in [-0.39, 0.29) is 0 Å². The fourth-order valence-electron chi connectivity index (χ4n) is 1.85. The number of nitrogens with zero attached hydrogens (tertiary/aromatic N) is 2. The van der Waals surface area contributed by atoms with Crippen LogP contribution in [0.4, 0.5) is 5.69 Å². The summed E-state index contributed by atoms with van der Waals surface area (Å²) in [7, 11) is 2.08. The number of halogens is 1. The van der Waals surface area contributed by atoms with Crippen LogP contribution in [0.3, 0.4) is 0 Å². The Balaban J connectivity index is 2.06. The van der Waals surface area contributed by atoms with Gasteiger partial charge in [0.05, 0.1) is 0 Å². The van der Waals surface area contributed by atoms with Crippen LogP contribution in [0.25, 0.3) is 0 Å². The number of benzene rings is 1. The van der Waals surface area contributed by atoms with E-state index in [1.165, 1.54) is 11.3 Å². The van der Waals surface area contributed by atoms with Gasteiger partial charge in [0.15, 0.2) is 0 Å². The molecule has 0 amide bonds. The van der Waals surface area contributed by atoms with Gasteiger partial charge in [-0.25, -0.2) is 4.98 Å². The minimum Gasteiger partial charge on any atom is -0.370 e. The van der Waals surface area contributed by atoms with Gasteiger partial charge in [-0.15, -0.1) is 0 Å². The summed E-state index contributed by atoms with van der Waals surface area (Å²) in [6.45, 7) is 2.99. The number of hydrogen-bond acceptors (Lipinski definition) is 2. The van der Waals surface area contributed by atoms with Crippen LogP contribution in [0.5, 0.6) is 0 Å². The summed E-state index contributed by atoms with van der Waals surface area (Å²) in [5, 5.41) is 0.536. The summed E-state index contributed by atoms with van der Waals surface area (Å²) in [5.74, 6) is 0. The van der Waals surface area contributed by atoms with E-state index in [1.54, 1.807) is 0 Å². The third kappa shape index (κ3) is 3.23. The second-order valence-electron chi connectivity index (χ2n) is 4.37. The van der Waals surface area contributed by atoms with Gasteiger partial charge in [-0.05, 0) is 35.7 Å². The first-order chi connectivity index (χ1) is 8.69. The summed E-state index contributed by atoms with van der Waals surface area (Å²) in [4.78, 5) is 6.29. The molecule has 1 heterocycles. The Morgan fingerprint density at radius 3 is 2.28 bits per heavy atom. The second-order valence-corrected chi connectivity index (χ2v) is 4.75. The van der Waals surface area contributed by atoms with Crippen LogP contribution in [0, 0.1) is 0 Å². The molecule has 94 valence electrons. The van der Waals surface area contributed by atoms with Crippen molar-refractivity contribution < 1.29 is 0 Å². The SMILES string of the molecule is CCc1ccc(N(C)Cc2ccc(Cl)nc2)cc1. The zero-order valence-corrected chi connectivity index (χ0v) is 11.5. The maximum absolute atomic E-state index is 5.77. The Morgan fingerprint density at radius 1 is 1.06 bits per heavy atom. The fraction of sp³-hybridized carbons (Fsp3) is 0.267. The van der Waals surface area contributed by atoms with E-state index < -0.39 is 0 Å². The van der Waals surface area contributed by atoms with Gasteiger partial charge in [0.25, 0.3) is 0 Å². The predicted molar refractivity (Wildman–Crippen MR) is 77.2 cm³/mol. The molecule has 0 aliphatic carbocycles. The molecule has 0 radical (unpaired) electrons. The molecule has 0 aliphatic rings. The van der Waals surface area contributed by atoms with Crippen molar-refractivity contribution in [1.82, 2.24) is 4.98 Å². The van der Waals surface area contributed by atoms with Crippen LogP contribution < -0.4 is 4.90 Å². The number of aromatic nitrogens is 1. The summed E-state index contributed by atoms with van der Waals surface area (Å²) in [5.41, 5.74) is 3.73. The van der Waals surface area contributed by atoms with E-state index in [9.17, 15) is 0 Å². The van der Waals surface area contributed by atoms with E-state index >= 15 is 0 Å². The molecular weight excluding hydrogens is 244 g/mol. The summed E-state index contributed by atoms with van der Waals surface area (Å²) >= 11 is 5.77. The van der Waals surface area contributed by atoms with Crippen LogP contribution in [0.1, 0.15) is 18.1 Å². The van der Waals surface area contributed by atoms with Gasteiger partial charge in [-0.1, -0.05) is 36.7 Å². The molecule has 0 aliphatic heterocycles. The van der Waals surface area contributed by atoms with E-state index in [2.05, 4.69) is 48.1 Å². The molecule has 0 fully saturated rings. The van der Waals surface area contributed by atoms with Crippen molar-refractivity contribution >= 4 is 17.3 Å². The minimum atomic E-state index is 0.536. The number of rotatable bonds is 4. The van der Waals surface area contributed by atoms with Crippen LogP contribution in [0.15, 0.2) is 42.6 Å². The van der Waals surface area contributed by atoms with Gasteiger partial charge in [0.1, 0.15) is 5.15 Å². The van der Waals surface area contributed by atoms with Crippen LogP contribution >= 0.6 is 11.6 Å². The highest BCUT2D eigenvalue weighted by Crippen LogP contribution is 2.17. The van der Waals surface area contributed by atoms with Gasteiger partial charge in [-0.2, -0.15) is 0 Å². The smallest absolute Gasteiger partial charge is 0.129 e. The molecule has 1 aromatic heterocycles. The van der Waals surface area contributed by atoms with Crippen molar-refractivity contribution in [2.45, 2.75) is 19.9 Å². The normalized spacial score (nSPS) is 10.4. The molecule has 0 spiro atoms. The van der Waals surface area contributed by atoms with Gasteiger partial charge >= 0.3 is 0 Å². The van der Waals surface area contributed by atoms with Crippen molar-refractivity contribution in [3.05, 3.63) is 58.9 Å². The third-order valence-electron chi connectivity index (χ3n) is 2.99. The van der Waals surface area contributed by atoms with E-state index in [0.717, 1.165) is 18.5 Å². The first-order valence-electron chi connectivity index (χ1n) is 6.09. The summed E-state index contributed by atoms with van der Waals surface area (Å²) < 4.78 is 0. The average Bonchev–Trinajstić information content (AvgIpc) is 2.41. The van der Waals surface area contributed by atoms with Gasteiger partial charge in [0.2, 0.25) is 0 Å². The molecular formula is C15H17ClN2. The molecule has 0 unspecified atom stereocenters. The molecule has 0 saturated carbocycles. The Hall–Kier alpha value is -1.54. The number of anilines is 1. The molecule has 0 bridgehead atoms. The zero-order valence-electron chi connectivity index (χ0n) is 10.7.